The van der Waals surface area contributed by atoms with E-state index in [1.807, 2.05) is 24.3 Å². The Morgan fingerprint density at radius 1 is 0.676 bits per heavy atom. The highest BCUT2D eigenvalue weighted by Gasteiger charge is 2.61. The summed E-state index contributed by atoms with van der Waals surface area (Å²) in [6.45, 7) is 0. The molecule has 2 amide bonds. The van der Waals surface area contributed by atoms with Gasteiger partial charge < -0.3 is 4.74 Å². The van der Waals surface area contributed by atoms with Crippen molar-refractivity contribution in [2.45, 2.75) is 11.8 Å². The molecule has 0 saturated carbocycles. The minimum Gasteiger partial charge on any atom is -0.421 e. The van der Waals surface area contributed by atoms with Gasteiger partial charge in [-0.05, 0) is 52.6 Å². The van der Waals surface area contributed by atoms with Gasteiger partial charge in [0.1, 0.15) is 5.75 Å². The highest BCUT2D eigenvalue weighted by Crippen LogP contribution is 2.61. The molecule has 0 N–H and O–H groups in total. The Morgan fingerprint density at radius 3 is 1.73 bits per heavy atom. The Hall–Kier alpha value is -4.22. The van der Waals surface area contributed by atoms with E-state index in [2.05, 4.69) is 24.3 Å². The quantitative estimate of drug-likeness (QED) is 0.196. The maximum Gasteiger partial charge on any atom is 0.343 e. The molecule has 1 heterocycles. The van der Waals surface area contributed by atoms with E-state index < -0.39 is 17.8 Å². The Morgan fingerprint density at radius 2 is 1.19 bits per heavy atom. The van der Waals surface area contributed by atoms with Crippen LogP contribution < -0.4 is 9.64 Å². The molecule has 180 valence electrons. The first-order chi connectivity index (χ1) is 18.0. The fourth-order valence-corrected chi connectivity index (χ4v) is 6.56. The van der Waals surface area contributed by atoms with Gasteiger partial charge in [0.05, 0.1) is 28.1 Å². The third kappa shape index (κ3) is 3.14. The number of halogens is 1. The lowest BCUT2D eigenvalue weighted by atomic mass is 9.55. The van der Waals surface area contributed by atoms with Crippen LogP contribution in [-0.2, 0) is 9.59 Å². The highest BCUT2D eigenvalue weighted by molar-refractivity contribution is 6.32. The summed E-state index contributed by atoms with van der Waals surface area (Å²) in [4.78, 5) is 42.0. The SMILES string of the molecule is O=C(Oc1ccccc1Cl)c1cccc(N2C(=O)[C@H]3C4c5ccccc5C(c5ccccc54)[C@@H]3C2=O)c1. The van der Waals surface area contributed by atoms with E-state index in [0.29, 0.717) is 10.7 Å². The number of para-hydroxylation sites is 1. The maximum absolute atomic E-state index is 13.9. The molecule has 4 aromatic carbocycles. The Bertz CT molecular complexity index is 1510. The van der Waals surface area contributed by atoms with Crippen LogP contribution in [0.3, 0.4) is 0 Å². The van der Waals surface area contributed by atoms with Crippen LogP contribution in [0.4, 0.5) is 5.69 Å². The topological polar surface area (TPSA) is 63.7 Å². The molecule has 1 aliphatic heterocycles. The molecule has 5 nitrogen and oxygen atoms in total. The van der Waals surface area contributed by atoms with E-state index in [4.69, 9.17) is 16.3 Å². The molecule has 3 aliphatic carbocycles. The number of carbonyl (C=O) groups is 3. The van der Waals surface area contributed by atoms with Crippen molar-refractivity contribution in [2.75, 3.05) is 4.90 Å². The third-order valence-electron chi connectivity index (χ3n) is 7.83. The Balaban J connectivity index is 1.27. The minimum absolute atomic E-state index is 0.183. The van der Waals surface area contributed by atoms with E-state index in [0.717, 1.165) is 22.3 Å². The van der Waals surface area contributed by atoms with Gasteiger partial charge in [0.2, 0.25) is 11.8 Å². The molecule has 6 heteroatoms. The molecular weight excluding hydrogens is 486 g/mol. The maximum atomic E-state index is 13.9. The van der Waals surface area contributed by atoms with Gasteiger partial charge in [-0.25, -0.2) is 9.69 Å². The largest absolute Gasteiger partial charge is 0.421 e. The zero-order chi connectivity index (χ0) is 25.3. The standard InChI is InChI=1S/C31H20ClNO4/c32-23-14-5-6-15-24(23)37-31(36)17-8-7-9-18(16-17)33-29(34)27-25-19-10-1-2-11-20(19)26(28(27)30(33)35)22-13-4-3-12-21(22)25/h1-16,25-28H/t25?,26?,27-,28-/m0/s1. The van der Waals surface area contributed by atoms with Crippen LogP contribution >= 0.6 is 11.6 Å². The summed E-state index contributed by atoms with van der Waals surface area (Å²) in [7, 11) is 0. The van der Waals surface area contributed by atoms with Crippen LogP contribution in [0.25, 0.3) is 0 Å². The number of ether oxygens (including phenoxy) is 1. The molecule has 37 heavy (non-hydrogen) atoms. The summed E-state index contributed by atoms with van der Waals surface area (Å²) < 4.78 is 5.47. The van der Waals surface area contributed by atoms with Gasteiger partial charge in [-0.3, -0.25) is 9.59 Å². The summed E-state index contributed by atoms with van der Waals surface area (Å²) in [6.07, 6.45) is 0. The number of rotatable bonds is 3. The first-order valence-corrected chi connectivity index (χ1v) is 12.5. The molecular formula is C31H20ClNO4. The van der Waals surface area contributed by atoms with Crippen molar-refractivity contribution in [3.05, 3.63) is 130 Å². The lowest BCUT2D eigenvalue weighted by Crippen LogP contribution is -2.41. The number of carbonyl (C=O) groups excluding carboxylic acids is 3. The van der Waals surface area contributed by atoms with Crippen LogP contribution in [0.5, 0.6) is 5.75 Å². The molecule has 1 saturated heterocycles. The minimum atomic E-state index is -0.619. The van der Waals surface area contributed by atoms with Crippen molar-refractivity contribution in [3.63, 3.8) is 0 Å². The average Bonchev–Trinajstić information content (AvgIpc) is 3.20. The lowest BCUT2D eigenvalue weighted by molar-refractivity contribution is -0.122. The van der Waals surface area contributed by atoms with Crippen molar-refractivity contribution in [3.8, 4) is 5.75 Å². The fraction of sp³-hybridized carbons (Fsp3) is 0.129. The molecule has 4 aromatic rings. The number of benzene rings is 4. The number of hydrogen-bond acceptors (Lipinski definition) is 4. The molecule has 2 bridgehead atoms. The van der Waals surface area contributed by atoms with Crippen molar-refractivity contribution >= 4 is 35.1 Å². The first kappa shape index (κ1) is 22.0. The number of imide groups is 1. The predicted octanol–water partition coefficient (Wildman–Crippen LogP) is 5.96. The van der Waals surface area contributed by atoms with E-state index in [-0.39, 0.29) is 35.0 Å². The molecule has 4 aliphatic rings. The third-order valence-corrected chi connectivity index (χ3v) is 8.14. The Labute approximate surface area is 218 Å². The number of anilines is 1. The van der Waals surface area contributed by atoms with Crippen molar-refractivity contribution in [1.82, 2.24) is 0 Å². The van der Waals surface area contributed by atoms with Crippen LogP contribution in [0.1, 0.15) is 44.4 Å². The first-order valence-electron chi connectivity index (χ1n) is 12.2. The van der Waals surface area contributed by atoms with E-state index >= 15 is 0 Å². The van der Waals surface area contributed by atoms with E-state index in [1.165, 1.54) is 11.0 Å². The second-order valence-corrected chi connectivity index (χ2v) is 10.1. The van der Waals surface area contributed by atoms with Gasteiger partial charge in [0, 0.05) is 11.8 Å². The van der Waals surface area contributed by atoms with Crippen LogP contribution in [0.15, 0.2) is 97.1 Å². The molecule has 0 aromatic heterocycles. The smallest absolute Gasteiger partial charge is 0.343 e. The summed E-state index contributed by atoms with van der Waals surface area (Å²) in [6, 6.07) is 29.4. The Kier molecular flexibility index (Phi) is 4.85. The van der Waals surface area contributed by atoms with Crippen LogP contribution in [-0.4, -0.2) is 17.8 Å². The zero-order valence-electron chi connectivity index (χ0n) is 19.5. The number of esters is 1. The van der Waals surface area contributed by atoms with Crippen LogP contribution in [0.2, 0.25) is 5.02 Å². The molecule has 1 fully saturated rings. The molecule has 0 radical (unpaired) electrons. The van der Waals surface area contributed by atoms with Crippen molar-refractivity contribution in [2.24, 2.45) is 11.8 Å². The van der Waals surface area contributed by atoms with Crippen LogP contribution in [0, 0.1) is 11.8 Å². The summed E-state index contributed by atoms with van der Waals surface area (Å²) >= 11 is 6.13. The molecule has 2 atom stereocenters. The second kappa shape index (κ2) is 8.15. The average molecular weight is 506 g/mol. The summed E-state index contributed by atoms with van der Waals surface area (Å²) in [5.74, 6) is -2.18. The van der Waals surface area contributed by atoms with Gasteiger partial charge in [-0.1, -0.05) is 78.3 Å². The van der Waals surface area contributed by atoms with E-state index in [9.17, 15) is 14.4 Å². The number of hydrogen-bond donors (Lipinski definition) is 0. The molecule has 0 spiro atoms. The fourth-order valence-electron chi connectivity index (χ4n) is 6.39. The second-order valence-electron chi connectivity index (χ2n) is 9.65. The summed E-state index contributed by atoms with van der Waals surface area (Å²) in [5, 5.41) is 0.315. The lowest BCUT2D eigenvalue weighted by Gasteiger charge is -2.45. The molecule has 8 rings (SSSR count). The van der Waals surface area contributed by atoms with Gasteiger partial charge >= 0.3 is 5.97 Å². The van der Waals surface area contributed by atoms with Gasteiger partial charge in [0.25, 0.3) is 0 Å². The monoisotopic (exact) mass is 505 g/mol. The molecule has 0 unspecified atom stereocenters. The predicted molar refractivity (Wildman–Crippen MR) is 139 cm³/mol. The zero-order valence-corrected chi connectivity index (χ0v) is 20.3. The van der Waals surface area contributed by atoms with Gasteiger partial charge in [-0.15, -0.1) is 0 Å². The number of amides is 2. The summed E-state index contributed by atoms with van der Waals surface area (Å²) in [5.41, 5.74) is 5.06. The number of nitrogens with zero attached hydrogens (tertiary/aromatic N) is 1. The van der Waals surface area contributed by atoms with Gasteiger partial charge in [0.15, 0.2) is 0 Å². The normalized spacial score (nSPS) is 22.9. The van der Waals surface area contributed by atoms with Gasteiger partial charge in [-0.2, -0.15) is 0 Å². The van der Waals surface area contributed by atoms with Crippen molar-refractivity contribution in [1.29, 1.82) is 0 Å². The van der Waals surface area contributed by atoms with Crippen molar-refractivity contribution < 1.29 is 19.1 Å². The van der Waals surface area contributed by atoms with E-state index in [1.54, 1.807) is 42.5 Å². The highest BCUT2D eigenvalue weighted by atomic mass is 35.5.